The lowest BCUT2D eigenvalue weighted by Gasteiger charge is -2.23. The second-order valence-electron chi connectivity index (χ2n) is 4.89. The minimum absolute atomic E-state index is 0. The standard InChI is InChI=1S/C14H21N3O3.ClH/c1-2-12(13(15)4-3-5-14(16)18)10-6-8-11(9-7-10)17(19)20;/h6-9,12-13H,2-5,15H2,1H3,(H2,16,18);1H. The number of carbonyl (C=O) groups excluding carboxylic acids is 1. The molecule has 1 aromatic rings. The number of carbonyl (C=O) groups is 1. The fourth-order valence-electron chi connectivity index (χ4n) is 2.34. The van der Waals surface area contributed by atoms with Crippen LogP contribution in [0.5, 0.6) is 0 Å². The van der Waals surface area contributed by atoms with E-state index in [1.54, 1.807) is 12.1 Å². The lowest BCUT2D eigenvalue weighted by Crippen LogP contribution is -2.28. The van der Waals surface area contributed by atoms with Gasteiger partial charge in [0.15, 0.2) is 0 Å². The summed E-state index contributed by atoms with van der Waals surface area (Å²) in [5.74, 6) is -0.190. The van der Waals surface area contributed by atoms with Crippen LogP contribution >= 0.6 is 12.4 Å². The first-order chi connectivity index (χ1) is 9.45. The van der Waals surface area contributed by atoms with Gasteiger partial charge in [-0.15, -0.1) is 12.4 Å². The zero-order valence-electron chi connectivity index (χ0n) is 12.0. The molecule has 4 N–H and O–H groups in total. The van der Waals surface area contributed by atoms with Gasteiger partial charge in [-0.25, -0.2) is 0 Å². The lowest BCUT2D eigenvalue weighted by atomic mass is 9.87. The van der Waals surface area contributed by atoms with Crippen LogP contribution in [0.2, 0.25) is 0 Å². The molecular formula is C14H22ClN3O3. The van der Waals surface area contributed by atoms with Crippen molar-refractivity contribution in [2.24, 2.45) is 11.5 Å². The maximum atomic E-state index is 10.7. The van der Waals surface area contributed by atoms with Gasteiger partial charge in [-0.2, -0.15) is 0 Å². The number of halogens is 1. The molecule has 0 bridgehead atoms. The third kappa shape index (κ3) is 6.10. The Hall–Kier alpha value is -1.66. The number of benzene rings is 1. The molecule has 1 amide bonds. The lowest BCUT2D eigenvalue weighted by molar-refractivity contribution is -0.384. The SMILES string of the molecule is CCC(c1ccc([N+](=O)[O-])cc1)C(N)CCCC(N)=O.Cl. The van der Waals surface area contributed by atoms with Crippen LogP contribution in [0, 0.1) is 10.1 Å². The quantitative estimate of drug-likeness (QED) is 0.566. The van der Waals surface area contributed by atoms with Crippen LogP contribution in [0.25, 0.3) is 0 Å². The summed E-state index contributed by atoms with van der Waals surface area (Å²) < 4.78 is 0. The van der Waals surface area contributed by atoms with Gasteiger partial charge in [0.05, 0.1) is 4.92 Å². The number of amides is 1. The highest BCUT2D eigenvalue weighted by atomic mass is 35.5. The van der Waals surface area contributed by atoms with E-state index < -0.39 is 4.92 Å². The van der Waals surface area contributed by atoms with Gasteiger partial charge in [0.25, 0.3) is 5.69 Å². The van der Waals surface area contributed by atoms with Gasteiger partial charge in [0, 0.05) is 24.6 Å². The van der Waals surface area contributed by atoms with Crippen LogP contribution < -0.4 is 11.5 Å². The van der Waals surface area contributed by atoms with Crippen molar-refractivity contribution in [2.75, 3.05) is 0 Å². The molecule has 0 aliphatic rings. The van der Waals surface area contributed by atoms with Crippen molar-refractivity contribution in [1.29, 1.82) is 0 Å². The van der Waals surface area contributed by atoms with Crippen molar-refractivity contribution in [3.05, 3.63) is 39.9 Å². The summed E-state index contributed by atoms with van der Waals surface area (Å²) in [6.07, 6.45) is 2.55. The number of nitro groups is 1. The molecular weight excluding hydrogens is 294 g/mol. The van der Waals surface area contributed by atoms with E-state index in [2.05, 4.69) is 0 Å². The molecule has 0 spiro atoms. The predicted octanol–water partition coefficient (Wildman–Crippen LogP) is 2.49. The van der Waals surface area contributed by atoms with Crippen LogP contribution in [-0.2, 0) is 4.79 Å². The average molecular weight is 316 g/mol. The molecule has 1 rings (SSSR count). The van der Waals surface area contributed by atoms with Crippen LogP contribution in [0.4, 0.5) is 5.69 Å². The van der Waals surface area contributed by atoms with E-state index in [1.165, 1.54) is 12.1 Å². The van der Waals surface area contributed by atoms with E-state index in [1.807, 2.05) is 6.92 Å². The Morgan fingerprint density at radius 1 is 1.33 bits per heavy atom. The fourth-order valence-corrected chi connectivity index (χ4v) is 2.34. The highest BCUT2D eigenvalue weighted by molar-refractivity contribution is 5.85. The minimum Gasteiger partial charge on any atom is -0.370 e. The Morgan fingerprint density at radius 3 is 2.33 bits per heavy atom. The first-order valence-corrected chi connectivity index (χ1v) is 6.74. The van der Waals surface area contributed by atoms with Crippen LogP contribution in [0.1, 0.15) is 44.1 Å². The zero-order valence-corrected chi connectivity index (χ0v) is 12.8. The van der Waals surface area contributed by atoms with Crippen LogP contribution in [-0.4, -0.2) is 16.9 Å². The van der Waals surface area contributed by atoms with Crippen LogP contribution in [0.15, 0.2) is 24.3 Å². The van der Waals surface area contributed by atoms with Crippen molar-refractivity contribution >= 4 is 24.0 Å². The number of hydrogen-bond acceptors (Lipinski definition) is 4. The number of hydrogen-bond donors (Lipinski definition) is 2. The van der Waals surface area contributed by atoms with Crippen LogP contribution in [0.3, 0.4) is 0 Å². The molecule has 1 aromatic carbocycles. The molecule has 0 aromatic heterocycles. The van der Waals surface area contributed by atoms with Crippen molar-refractivity contribution in [2.45, 2.75) is 44.6 Å². The van der Waals surface area contributed by atoms with E-state index in [-0.39, 0.29) is 36.0 Å². The average Bonchev–Trinajstić information content (AvgIpc) is 2.39. The predicted molar refractivity (Wildman–Crippen MR) is 84.4 cm³/mol. The normalized spacial score (nSPS) is 13.0. The van der Waals surface area contributed by atoms with Gasteiger partial charge >= 0.3 is 0 Å². The van der Waals surface area contributed by atoms with Crippen molar-refractivity contribution < 1.29 is 9.72 Å². The molecule has 0 saturated carbocycles. The number of nitro benzene ring substituents is 1. The Balaban J connectivity index is 0.00000400. The number of nitrogens with zero attached hydrogens (tertiary/aromatic N) is 1. The van der Waals surface area contributed by atoms with Crippen molar-refractivity contribution in [3.8, 4) is 0 Å². The summed E-state index contributed by atoms with van der Waals surface area (Å²) in [6.45, 7) is 2.03. The number of rotatable bonds is 8. The van der Waals surface area contributed by atoms with Crippen molar-refractivity contribution in [1.82, 2.24) is 0 Å². The molecule has 2 atom stereocenters. The van der Waals surface area contributed by atoms with E-state index in [0.29, 0.717) is 19.3 Å². The molecule has 0 saturated heterocycles. The Bertz CT molecular complexity index is 465. The van der Waals surface area contributed by atoms with Gasteiger partial charge < -0.3 is 11.5 Å². The van der Waals surface area contributed by atoms with Gasteiger partial charge in [-0.1, -0.05) is 19.1 Å². The number of nitrogens with two attached hydrogens (primary N) is 2. The molecule has 118 valence electrons. The topological polar surface area (TPSA) is 112 Å². The second kappa shape index (κ2) is 9.31. The molecule has 0 heterocycles. The molecule has 6 nitrogen and oxygen atoms in total. The monoisotopic (exact) mass is 315 g/mol. The van der Waals surface area contributed by atoms with E-state index in [9.17, 15) is 14.9 Å². The Labute approximate surface area is 130 Å². The smallest absolute Gasteiger partial charge is 0.269 e. The summed E-state index contributed by atoms with van der Waals surface area (Å²) in [5, 5.41) is 10.6. The van der Waals surface area contributed by atoms with Gasteiger partial charge in [0.2, 0.25) is 5.91 Å². The van der Waals surface area contributed by atoms with Gasteiger partial charge in [-0.05, 0) is 30.7 Å². The molecule has 0 aliphatic carbocycles. The zero-order chi connectivity index (χ0) is 15.1. The Kier molecular flexibility index (Phi) is 8.57. The van der Waals surface area contributed by atoms with E-state index in [0.717, 1.165) is 12.0 Å². The highest BCUT2D eigenvalue weighted by Gasteiger charge is 2.19. The summed E-state index contributed by atoms with van der Waals surface area (Å²) in [4.78, 5) is 20.9. The molecule has 0 fully saturated rings. The third-order valence-corrected chi connectivity index (χ3v) is 3.45. The number of non-ortho nitro benzene ring substituents is 1. The molecule has 21 heavy (non-hydrogen) atoms. The number of primary amides is 1. The third-order valence-electron chi connectivity index (χ3n) is 3.45. The molecule has 7 heteroatoms. The fraction of sp³-hybridized carbons (Fsp3) is 0.500. The summed E-state index contributed by atoms with van der Waals surface area (Å²) >= 11 is 0. The maximum absolute atomic E-state index is 10.7. The minimum atomic E-state index is -0.419. The first kappa shape index (κ1) is 19.3. The molecule has 0 aliphatic heterocycles. The van der Waals surface area contributed by atoms with E-state index in [4.69, 9.17) is 11.5 Å². The Morgan fingerprint density at radius 2 is 1.90 bits per heavy atom. The summed E-state index contributed by atoms with van der Waals surface area (Å²) in [7, 11) is 0. The van der Waals surface area contributed by atoms with Gasteiger partial charge in [-0.3, -0.25) is 14.9 Å². The highest BCUT2D eigenvalue weighted by Crippen LogP contribution is 2.26. The second-order valence-corrected chi connectivity index (χ2v) is 4.89. The summed E-state index contributed by atoms with van der Waals surface area (Å²) in [5.41, 5.74) is 12.3. The maximum Gasteiger partial charge on any atom is 0.269 e. The summed E-state index contributed by atoms with van der Waals surface area (Å²) in [6, 6.07) is 6.41. The molecule has 2 unspecified atom stereocenters. The van der Waals surface area contributed by atoms with Gasteiger partial charge in [0.1, 0.15) is 0 Å². The first-order valence-electron chi connectivity index (χ1n) is 6.74. The van der Waals surface area contributed by atoms with E-state index >= 15 is 0 Å². The van der Waals surface area contributed by atoms with Crippen molar-refractivity contribution in [3.63, 3.8) is 0 Å². The largest absolute Gasteiger partial charge is 0.370 e. The molecule has 0 radical (unpaired) electrons.